The van der Waals surface area contributed by atoms with Gasteiger partial charge in [-0.25, -0.2) is 0 Å². The van der Waals surface area contributed by atoms with Gasteiger partial charge in [0.15, 0.2) is 5.92 Å². The molecule has 0 aliphatic carbocycles. The van der Waals surface area contributed by atoms with Gasteiger partial charge in [0, 0.05) is 6.61 Å². The van der Waals surface area contributed by atoms with Crippen molar-refractivity contribution in [1.82, 2.24) is 0 Å². The average Bonchev–Trinajstić information content (AvgIpc) is 2.24. The van der Waals surface area contributed by atoms with Gasteiger partial charge < -0.3 is 9.47 Å². The number of nitriles is 1. The summed E-state index contributed by atoms with van der Waals surface area (Å²) >= 11 is 0. The van der Waals surface area contributed by atoms with E-state index in [4.69, 9.17) is 14.7 Å². The molecule has 16 heavy (non-hydrogen) atoms. The van der Waals surface area contributed by atoms with Crippen molar-refractivity contribution in [3.63, 3.8) is 0 Å². The molecule has 1 aliphatic rings. The Labute approximate surface area is 92.1 Å². The van der Waals surface area contributed by atoms with Crippen LogP contribution in [0.2, 0.25) is 0 Å². The predicted molar refractivity (Wildman–Crippen MR) is 49.6 cm³/mol. The zero-order chi connectivity index (χ0) is 12.0. The minimum atomic E-state index is -4.51. The molecule has 2 unspecified atom stereocenters. The third kappa shape index (κ3) is 4.37. The zero-order valence-corrected chi connectivity index (χ0v) is 8.79. The number of halogens is 3. The van der Waals surface area contributed by atoms with Crippen molar-refractivity contribution in [2.24, 2.45) is 5.92 Å². The number of rotatable bonds is 4. The lowest BCUT2D eigenvalue weighted by Gasteiger charge is -2.23. The van der Waals surface area contributed by atoms with Crippen molar-refractivity contribution in [2.45, 2.75) is 31.5 Å². The third-order valence-corrected chi connectivity index (χ3v) is 2.41. The van der Waals surface area contributed by atoms with E-state index in [2.05, 4.69) is 0 Å². The fourth-order valence-electron chi connectivity index (χ4n) is 1.46. The number of ether oxygens (including phenoxy) is 2. The normalized spacial score (nSPS) is 23.8. The van der Waals surface area contributed by atoms with Gasteiger partial charge in [0.25, 0.3) is 0 Å². The van der Waals surface area contributed by atoms with E-state index < -0.39 is 18.7 Å². The summed E-state index contributed by atoms with van der Waals surface area (Å²) in [5, 5.41) is 8.32. The molecule has 0 spiro atoms. The minimum Gasteiger partial charge on any atom is -0.377 e. The smallest absolute Gasteiger partial charge is 0.377 e. The van der Waals surface area contributed by atoms with E-state index in [1.54, 1.807) is 0 Å². The number of nitrogens with zero attached hydrogens (tertiary/aromatic N) is 1. The molecule has 0 N–H and O–H groups in total. The van der Waals surface area contributed by atoms with Gasteiger partial charge in [-0.2, -0.15) is 18.4 Å². The summed E-state index contributed by atoms with van der Waals surface area (Å²) in [6.45, 7) is 0.156. The lowest BCUT2D eigenvalue weighted by molar-refractivity contribution is -0.175. The Bertz CT molecular complexity index is 243. The molecule has 3 nitrogen and oxygen atoms in total. The summed E-state index contributed by atoms with van der Waals surface area (Å²) in [6, 6.07) is 1.19. The second-order valence-corrected chi connectivity index (χ2v) is 3.75. The van der Waals surface area contributed by atoms with Gasteiger partial charge in [-0.1, -0.05) is 0 Å². The molecule has 1 heterocycles. The van der Waals surface area contributed by atoms with E-state index in [0.717, 1.165) is 19.3 Å². The van der Waals surface area contributed by atoms with E-state index in [1.165, 1.54) is 6.07 Å². The highest BCUT2D eigenvalue weighted by atomic mass is 19.4. The lowest BCUT2D eigenvalue weighted by atomic mass is 10.1. The highest BCUT2D eigenvalue weighted by Gasteiger charge is 2.40. The molecule has 1 aliphatic heterocycles. The second-order valence-electron chi connectivity index (χ2n) is 3.75. The first-order valence-electron chi connectivity index (χ1n) is 5.19. The summed E-state index contributed by atoms with van der Waals surface area (Å²) in [6.07, 6.45) is -1.83. The summed E-state index contributed by atoms with van der Waals surface area (Å²) in [5.74, 6) is -2.05. The van der Waals surface area contributed by atoms with Crippen LogP contribution in [-0.2, 0) is 9.47 Å². The predicted octanol–water partition coefficient (Wildman–Crippen LogP) is 2.27. The molecule has 1 rings (SSSR count). The summed E-state index contributed by atoms with van der Waals surface area (Å²) in [7, 11) is 0. The minimum absolute atomic E-state index is 0.124. The van der Waals surface area contributed by atoms with Crippen LogP contribution in [0.1, 0.15) is 19.3 Å². The zero-order valence-electron chi connectivity index (χ0n) is 8.79. The molecule has 1 fully saturated rings. The number of alkyl halides is 3. The van der Waals surface area contributed by atoms with E-state index in [0.29, 0.717) is 6.61 Å². The van der Waals surface area contributed by atoms with Crippen molar-refractivity contribution >= 4 is 0 Å². The molecule has 0 amide bonds. The van der Waals surface area contributed by atoms with Crippen LogP contribution in [0.5, 0.6) is 0 Å². The molecule has 0 aromatic rings. The molecule has 0 aromatic carbocycles. The Kier molecular flexibility index (Phi) is 5.03. The van der Waals surface area contributed by atoms with Gasteiger partial charge in [0.1, 0.15) is 0 Å². The maximum absolute atomic E-state index is 12.2. The van der Waals surface area contributed by atoms with Gasteiger partial charge in [-0.05, 0) is 19.3 Å². The van der Waals surface area contributed by atoms with Crippen LogP contribution in [0.3, 0.4) is 0 Å². The van der Waals surface area contributed by atoms with Crippen molar-refractivity contribution in [2.75, 3.05) is 19.8 Å². The Balaban J connectivity index is 2.21. The third-order valence-electron chi connectivity index (χ3n) is 2.41. The monoisotopic (exact) mass is 237 g/mol. The van der Waals surface area contributed by atoms with Gasteiger partial charge in [-0.3, -0.25) is 0 Å². The first-order valence-corrected chi connectivity index (χ1v) is 5.19. The van der Waals surface area contributed by atoms with E-state index >= 15 is 0 Å². The van der Waals surface area contributed by atoms with Gasteiger partial charge in [0.2, 0.25) is 0 Å². The van der Waals surface area contributed by atoms with Crippen molar-refractivity contribution in [3.8, 4) is 6.07 Å². The molecule has 0 aromatic heterocycles. The fraction of sp³-hybridized carbons (Fsp3) is 0.900. The van der Waals surface area contributed by atoms with Gasteiger partial charge in [-0.15, -0.1) is 0 Å². The van der Waals surface area contributed by atoms with E-state index in [-0.39, 0.29) is 12.7 Å². The molecule has 6 heteroatoms. The Morgan fingerprint density at radius 2 is 2.19 bits per heavy atom. The first kappa shape index (κ1) is 13.3. The van der Waals surface area contributed by atoms with Crippen molar-refractivity contribution in [1.29, 1.82) is 5.26 Å². The highest BCUT2D eigenvalue weighted by Crippen LogP contribution is 2.26. The average molecular weight is 237 g/mol. The standard InChI is InChI=1S/C10H14F3NO2/c11-10(12,13)8(5-14)6-15-7-9-3-1-2-4-16-9/h8-9H,1-4,6-7H2. The summed E-state index contributed by atoms with van der Waals surface area (Å²) in [5.41, 5.74) is 0. The van der Waals surface area contributed by atoms with Gasteiger partial charge >= 0.3 is 6.18 Å². The van der Waals surface area contributed by atoms with Crippen LogP contribution < -0.4 is 0 Å². The van der Waals surface area contributed by atoms with Crippen LogP contribution in [0.25, 0.3) is 0 Å². The maximum Gasteiger partial charge on any atom is 0.406 e. The van der Waals surface area contributed by atoms with E-state index in [9.17, 15) is 13.2 Å². The summed E-state index contributed by atoms with van der Waals surface area (Å²) in [4.78, 5) is 0. The second kappa shape index (κ2) is 6.06. The number of hydrogen-bond donors (Lipinski definition) is 0. The number of hydrogen-bond acceptors (Lipinski definition) is 3. The molecule has 92 valence electrons. The Morgan fingerprint density at radius 3 is 2.69 bits per heavy atom. The Morgan fingerprint density at radius 1 is 1.44 bits per heavy atom. The maximum atomic E-state index is 12.2. The molecule has 0 radical (unpaired) electrons. The van der Waals surface area contributed by atoms with Crippen molar-refractivity contribution < 1.29 is 22.6 Å². The van der Waals surface area contributed by atoms with Crippen molar-refractivity contribution in [3.05, 3.63) is 0 Å². The molecule has 0 bridgehead atoms. The van der Waals surface area contributed by atoms with Crippen LogP contribution >= 0.6 is 0 Å². The quantitative estimate of drug-likeness (QED) is 0.753. The Hall–Kier alpha value is -0.800. The molecule has 1 saturated heterocycles. The van der Waals surface area contributed by atoms with Crippen LogP contribution in [-0.4, -0.2) is 32.1 Å². The molecular formula is C10H14F3NO2. The largest absolute Gasteiger partial charge is 0.406 e. The summed E-state index contributed by atoms with van der Waals surface area (Å²) < 4.78 is 46.6. The molecule has 2 atom stereocenters. The molecule has 0 saturated carbocycles. The topological polar surface area (TPSA) is 42.2 Å². The van der Waals surface area contributed by atoms with Gasteiger partial charge in [0.05, 0.1) is 25.4 Å². The highest BCUT2D eigenvalue weighted by molar-refractivity contribution is 4.88. The van der Waals surface area contributed by atoms with E-state index in [1.807, 2.05) is 0 Å². The lowest BCUT2D eigenvalue weighted by Crippen LogP contribution is -2.29. The van der Waals surface area contributed by atoms with Crippen LogP contribution in [0.4, 0.5) is 13.2 Å². The van der Waals surface area contributed by atoms with Crippen LogP contribution in [0.15, 0.2) is 0 Å². The first-order chi connectivity index (χ1) is 7.54. The fourth-order valence-corrected chi connectivity index (χ4v) is 1.46. The van der Waals surface area contributed by atoms with Crippen LogP contribution in [0, 0.1) is 17.2 Å². The SMILES string of the molecule is N#CC(COCC1CCCCO1)C(F)(F)F. The molecular weight excluding hydrogens is 223 g/mol.